The SMILES string of the molecule is CC(C)NCc1ncc(CC(F)(F)F)o1. The minimum Gasteiger partial charge on any atom is -0.444 e. The van der Waals surface area contributed by atoms with Crippen molar-refractivity contribution in [2.45, 2.75) is 39.0 Å². The third-order valence-corrected chi connectivity index (χ3v) is 1.64. The van der Waals surface area contributed by atoms with Gasteiger partial charge in [0.2, 0.25) is 5.89 Å². The molecule has 0 fully saturated rings. The Morgan fingerprint density at radius 1 is 1.47 bits per heavy atom. The lowest BCUT2D eigenvalue weighted by Crippen LogP contribution is -2.21. The first-order valence-corrected chi connectivity index (χ1v) is 4.60. The second-order valence-corrected chi connectivity index (χ2v) is 3.55. The van der Waals surface area contributed by atoms with Gasteiger partial charge in [0, 0.05) is 6.04 Å². The fraction of sp³-hybridized carbons (Fsp3) is 0.667. The summed E-state index contributed by atoms with van der Waals surface area (Å²) in [6, 6.07) is 0.239. The Bertz CT molecular complexity index is 307. The van der Waals surface area contributed by atoms with Gasteiger partial charge in [-0.3, -0.25) is 0 Å². The van der Waals surface area contributed by atoms with Crippen LogP contribution in [0.4, 0.5) is 13.2 Å². The van der Waals surface area contributed by atoms with Gasteiger partial charge in [0.25, 0.3) is 0 Å². The lowest BCUT2D eigenvalue weighted by Gasteiger charge is -2.04. The number of halogens is 3. The molecule has 0 amide bonds. The molecule has 1 rings (SSSR count). The molecule has 0 saturated heterocycles. The molecule has 0 spiro atoms. The molecule has 1 N–H and O–H groups in total. The molecule has 0 atom stereocenters. The normalized spacial score (nSPS) is 12.4. The van der Waals surface area contributed by atoms with Crippen LogP contribution in [0.25, 0.3) is 0 Å². The molecule has 15 heavy (non-hydrogen) atoms. The average molecular weight is 222 g/mol. The summed E-state index contributed by atoms with van der Waals surface area (Å²) in [4.78, 5) is 3.74. The van der Waals surface area contributed by atoms with E-state index in [0.717, 1.165) is 6.20 Å². The van der Waals surface area contributed by atoms with Crippen LogP contribution in [-0.2, 0) is 13.0 Å². The van der Waals surface area contributed by atoms with Gasteiger partial charge in [0.1, 0.15) is 12.2 Å². The van der Waals surface area contributed by atoms with Crippen LogP contribution in [0.2, 0.25) is 0 Å². The molecule has 6 heteroatoms. The van der Waals surface area contributed by atoms with Crippen LogP contribution in [0, 0.1) is 0 Å². The van der Waals surface area contributed by atoms with Crippen LogP contribution >= 0.6 is 0 Å². The van der Waals surface area contributed by atoms with Gasteiger partial charge in [-0.15, -0.1) is 0 Å². The van der Waals surface area contributed by atoms with Crippen LogP contribution < -0.4 is 5.32 Å². The third-order valence-electron chi connectivity index (χ3n) is 1.64. The van der Waals surface area contributed by atoms with E-state index in [9.17, 15) is 13.2 Å². The van der Waals surface area contributed by atoms with Crippen molar-refractivity contribution in [1.29, 1.82) is 0 Å². The van der Waals surface area contributed by atoms with Crippen molar-refractivity contribution in [3.8, 4) is 0 Å². The van der Waals surface area contributed by atoms with Gasteiger partial charge in [-0.2, -0.15) is 13.2 Å². The predicted octanol–water partition coefficient (Wildman–Crippen LogP) is 2.28. The van der Waals surface area contributed by atoms with Gasteiger partial charge >= 0.3 is 6.18 Å². The van der Waals surface area contributed by atoms with Crippen molar-refractivity contribution >= 4 is 0 Å². The Kier molecular flexibility index (Phi) is 3.73. The van der Waals surface area contributed by atoms with E-state index in [1.807, 2.05) is 13.8 Å². The number of rotatable bonds is 4. The summed E-state index contributed by atoms with van der Waals surface area (Å²) >= 11 is 0. The number of nitrogens with zero attached hydrogens (tertiary/aromatic N) is 1. The topological polar surface area (TPSA) is 38.1 Å². The Labute approximate surface area is 85.7 Å². The molecule has 1 heterocycles. The minimum absolute atomic E-state index is 0.150. The van der Waals surface area contributed by atoms with E-state index in [2.05, 4.69) is 10.3 Å². The molecule has 86 valence electrons. The van der Waals surface area contributed by atoms with Gasteiger partial charge < -0.3 is 9.73 Å². The van der Waals surface area contributed by atoms with Crippen molar-refractivity contribution in [1.82, 2.24) is 10.3 Å². The summed E-state index contributed by atoms with van der Waals surface area (Å²) < 4.78 is 40.8. The van der Waals surface area contributed by atoms with Crippen LogP contribution in [0.3, 0.4) is 0 Å². The van der Waals surface area contributed by atoms with E-state index in [1.165, 1.54) is 0 Å². The molecule has 0 aliphatic carbocycles. The van der Waals surface area contributed by atoms with E-state index < -0.39 is 12.6 Å². The largest absolute Gasteiger partial charge is 0.444 e. The molecule has 0 aromatic carbocycles. The summed E-state index contributed by atoms with van der Waals surface area (Å²) in [5, 5.41) is 3.00. The molecule has 1 aromatic heterocycles. The smallest absolute Gasteiger partial charge is 0.396 e. The summed E-state index contributed by atoms with van der Waals surface area (Å²) in [5.74, 6) is 0.131. The molecule has 0 bridgehead atoms. The fourth-order valence-electron chi connectivity index (χ4n) is 1.00. The molecule has 1 aromatic rings. The zero-order valence-electron chi connectivity index (χ0n) is 8.56. The Hall–Kier alpha value is -1.04. The zero-order chi connectivity index (χ0) is 11.5. The second kappa shape index (κ2) is 4.65. The molecule has 0 radical (unpaired) electrons. The molecular formula is C9H13F3N2O. The summed E-state index contributed by atoms with van der Waals surface area (Å²) in [6.45, 7) is 4.20. The van der Waals surface area contributed by atoms with Crippen LogP contribution in [0.5, 0.6) is 0 Å². The summed E-state index contributed by atoms with van der Waals surface area (Å²) in [6.07, 6.45) is -4.20. The first-order valence-electron chi connectivity index (χ1n) is 4.60. The maximum atomic E-state index is 12.0. The Morgan fingerprint density at radius 3 is 2.67 bits per heavy atom. The van der Waals surface area contributed by atoms with Gasteiger partial charge in [0.15, 0.2) is 0 Å². The number of nitrogens with one attached hydrogen (secondary N) is 1. The van der Waals surface area contributed by atoms with E-state index in [0.29, 0.717) is 6.54 Å². The molecule has 0 saturated carbocycles. The van der Waals surface area contributed by atoms with Gasteiger partial charge in [0.05, 0.1) is 12.7 Å². The van der Waals surface area contributed by atoms with Gasteiger partial charge in [-0.1, -0.05) is 13.8 Å². The number of alkyl halides is 3. The molecule has 0 aliphatic rings. The number of hydrogen-bond acceptors (Lipinski definition) is 3. The second-order valence-electron chi connectivity index (χ2n) is 3.55. The first-order chi connectivity index (χ1) is 6.87. The van der Waals surface area contributed by atoms with Gasteiger partial charge in [-0.25, -0.2) is 4.98 Å². The standard InChI is InChI=1S/C9H13F3N2O/c1-6(2)13-5-8-14-4-7(15-8)3-9(10,11)12/h4,6,13H,3,5H2,1-2H3. The maximum absolute atomic E-state index is 12.0. The lowest BCUT2D eigenvalue weighted by atomic mass is 10.3. The zero-order valence-corrected chi connectivity index (χ0v) is 8.56. The van der Waals surface area contributed by atoms with Gasteiger partial charge in [-0.05, 0) is 0 Å². The maximum Gasteiger partial charge on any atom is 0.396 e. The van der Waals surface area contributed by atoms with E-state index >= 15 is 0 Å². The van der Waals surface area contributed by atoms with Crippen LogP contribution in [-0.4, -0.2) is 17.2 Å². The Balaban J connectivity index is 2.49. The number of hydrogen-bond donors (Lipinski definition) is 1. The monoisotopic (exact) mass is 222 g/mol. The summed E-state index contributed by atoms with van der Waals surface area (Å²) in [5.41, 5.74) is 0. The Morgan fingerprint density at radius 2 is 2.13 bits per heavy atom. The predicted molar refractivity (Wildman–Crippen MR) is 48.2 cm³/mol. The van der Waals surface area contributed by atoms with Crippen LogP contribution in [0.1, 0.15) is 25.5 Å². The molecule has 0 unspecified atom stereocenters. The van der Waals surface area contributed by atoms with Crippen LogP contribution in [0.15, 0.2) is 10.6 Å². The van der Waals surface area contributed by atoms with E-state index in [-0.39, 0.29) is 17.7 Å². The average Bonchev–Trinajstić information content (AvgIpc) is 2.45. The highest BCUT2D eigenvalue weighted by atomic mass is 19.4. The molecular weight excluding hydrogens is 209 g/mol. The third kappa shape index (κ3) is 4.83. The van der Waals surface area contributed by atoms with E-state index in [4.69, 9.17) is 4.42 Å². The highest BCUT2D eigenvalue weighted by molar-refractivity contribution is 4.96. The lowest BCUT2D eigenvalue weighted by molar-refractivity contribution is -0.130. The quantitative estimate of drug-likeness (QED) is 0.849. The minimum atomic E-state index is -4.25. The summed E-state index contributed by atoms with van der Waals surface area (Å²) in [7, 11) is 0. The van der Waals surface area contributed by atoms with Crippen molar-refractivity contribution in [3.05, 3.63) is 17.8 Å². The van der Waals surface area contributed by atoms with Crippen molar-refractivity contribution in [2.24, 2.45) is 0 Å². The molecule has 0 aliphatic heterocycles. The highest BCUT2D eigenvalue weighted by Crippen LogP contribution is 2.21. The van der Waals surface area contributed by atoms with E-state index in [1.54, 1.807) is 0 Å². The van der Waals surface area contributed by atoms with Crippen molar-refractivity contribution < 1.29 is 17.6 Å². The number of oxazole rings is 1. The highest BCUT2D eigenvalue weighted by Gasteiger charge is 2.29. The first kappa shape index (κ1) is 12.0. The number of aromatic nitrogens is 1. The van der Waals surface area contributed by atoms with Crippen molar-refractivity contribution in [2.75, 3.05) is 0 Å². The fourth-order valence-corrected chi connectivity index (χ4v) is 1.00. The van der Waals surface area contributed by atoms with Crippen molar-refractivity contribution in [3.63, 3.8) is 0 Å². The molecule has 3 nitrogen and oxygen atoms in total.